The highest BCUT2D eigenvalue weighted by atomic mass is 79.9. The van der Waals surface area contributed by atoms with Gasteiger partial charge in [0, 0.05) is 39.9 Å². The van der Waals surface area contributed by atoms with Gasteiger partial charge in [0.25, 0.3) is 5.91 Å². The molecule has 8 nitrogen and oxygen atoms in total. The molecule has 2 heterocycles. The number of carbonyl (C=O) groups is 1. The number of carbonyl (C=O) groups excluding carboxylic acids is 1. The van der Waals surface area contributed by atoms with Crippen molar-refractivity contribution < 1.29 is 9.53 Å². The molecule has 176 valence electrons. The van der Waals surface area contributed by atoms with E-state index in [0.29, 0.717) is 11.0 Å². The van der Waals surface area contributed by atoms with Crippen LogP contribution < -0.4 is 10.2 Å². The van der Waals surface area contributed by atoms with Gasteiger partial charge in [-0.1, -0.05) is 45.9 Å². The summed E-state index contributed by atoms with van der Waals surface area (Å²) in [7, 11) is 1.62. The van der Waals surface area contributed by atoms with Crippen LogP contribution in [0.4, 0.5) is 0 Å². The van der Waals surface area contributed by atoms with E-state index in [2.05, 4.69) is 41.6 Å². The third-order valence-electron chi connectivity index (χ3n) is 4.73. The first-order chi connectivity index (χ1) is 17.2. The Kier molecular flexibility index (Phi) is 8.42. The largest absolute Gasteiger partial charge is 0.496 e. The van der Waals surface area contributed by atoms with Crippen molar-refractivity contribution in [1.82, 2.24) is 25.2 Å². The van der Waals surface area contributed by atoms with Crippen LogP contribution >= 0.6 is 27.7 Å². The van der Waals surface area contributed by atoms with E-state index in [0.717, 1.165) is 27.0 Å². The number of hydrogen-bond acceptors (Lipinski definition) is 7. The molecule has 0 unspecified atom stereocenters. The lowest BCUT2D eigenvalue weighted by Crippen LogP contribution is -2.19. The molecule has 0 aliphatic heterocycles. The number of methoxy groups -OCH3 is 1. The molecule has 2 aromatic heterocycles. The number of ether oxygens (including phenoxy) is 1. The Morgan fingerprint density at radius 2 is 1.97 bits per heavy atom. The second-order valence-corrected chi connectivity index (χ2v) is 8.92. The SMILES string of the molecule is COc1ccccc1C=CC=NNC(=O)CSc1nnc(-c2cccnc2)n1-c1ccc(Br)cc1. The summed E-state index contributed by atoms with van der Waals surface area (Å²) < 4.78 is 8.17. The number of halogens is 1. The monoisotopic (exact) mass is 548 g/mol. The van der Waals surface area contributed by atoms with Gasteiger partial charge in [-0.05, 0) is 54.6 Å². The molecule has 2 aromatic carbocycles. The van der Waals surface area contributed by atoms with Gasteiger partial charge in [0.05, 0.1) is 12.9 Å². The maximum atomic E-state index is 12.4. The van der Waals surface area contributed by atoms with E-state index in [-0.39, 0.29) is 11.7 Å². The molecule has 4 aromatic rings. The fourth-order valence-corrected chi connectivity index (χ4v) is 4.14. The number of hydrogen-bond donors (Lipinski definition) is 1. The summed E-state index contributed by atoms with van der Waals surface area (Å²) in [4.78, 5) is 16.5. The van der Waals surface area contributed by atoms with Crippen molar-refractivity contribution >= 4 is 45.9 Å². The van der Waals surface area contributed by atoms with Gasteiger partial charge < -0.3 is 4.74 Å². The molecule has 0 spiro atoms. The molecule has 0 fully saturated rings. The van der Waals surface area contributed by atoms with Crippen LogP contribution in [0.5, 0.6) is 5.75 Å². The van der Waals surface area contributed by atoms with Gasteiger partial charge in [-0.25, -0.2) is 5.43 Å². The quantitative estimate of drug-likeness (QED) is 0.179. The van der Waals surface area contributed by atoms with Crippen molar-refractivity contribution in [2.75, 3.05) is 12.9 Å². The van der Waals surface area contributed by atoms with E-state index >= 15 is 0 Å². The molecular formula is C25H21BrN6O2S. The van der Waals surface area contributed by atoms with Gasteiger partial charge >= 0.3 is 0 Å². The molecule has 1 N–H and O–H groups in total. The van der Waals surface area contributed by atoms with Crippen molar-refractivity contribution in [3.05, 3.63) is 89.2 Å². The van der Waals surface area contributed by atoms with Crippen LogP contribution in [0.25, 0.3) is 23.2 Å². The average Bonchev–Trinajstić information content (AvgIpc) is 3.32. The second-order valence-electron chi connectivity index (χ2n) is 7.06. The van der Waals surface area contributed by atoms with Crippen LogP contribution in [0.1, 0.15) is 5.56 Å². The number of para-hydroxylation sites is 1. The van der Waals surface area contributed by atoms with Crippen molar-refractivity contribution in [2.24, 2.45) is 5.10 Å². The van der Waals surface area contributed by atoms with Gasteiger partial charge in [-0.3, -0.25) is 14.3 Å². The topological polar surface area (TPSA) is 94.3 Å². The molecule has 35 heavy (non-hydrogen) atoms. The van der Waals surface area contributed by atoms with E-state index in [1.54, 1.807) is 25.6 Å². The van der Waals surface area contributed by atoms with Gasteiger partial charge in [0.15, 0.2) is 11.0 Å². The van der Waals surface area contributed by atoms with Crippen LogP contribution in [0.15, 0.2) is 93.9 Å². The van der Waals surface area contributed by atoms with Crippen LogP contribution in [0.2, 0.25) is 0 Å². The molecule has 10 heteroatoms. The van der Waals surface area contributed by atoms with Crippen LogP contribution in [0, 0.1) is 0 Å². The van der Waals surface area contributed by atoms with Gasteiger partial charge in [-0.2, -0.15) is 5.10 Å². The Balaban J connectivity index is 1.42. The number of amides is 1. The minimum absolute atomic E-state index is 0.120. The smallest absolute Gasteiger partial charge is 0.250 e. The Bertz CT molecular complexity index is 1340. The van der Waals surface area contributed by atoms with Gasteiger partial charge in [-0.15, -0.1) is 10.2 Å². The second kappa shape index (κ2) is 12.1. The molecule has 0 atom stereocenters. The van der Waals surface area contributed by atoms with Crippen LogP contribution in [-0.2, 0) is 4.79 Å². The minimum Gasteiger partial charge on any atom is -0.496 e. The lowest BCUT2D eigenvalue weighted by Gasteiger charge is -2.10. The molecule has 0 aliphatic carbocycles. The maximum absolute atomic E-state index is 12.4. The van der Waals surface area contributed by atoms with Gasteiger partial charge in [0.1, 0.15) is 5.75 Å². The molecule has 0 aliphatic rings. The lowest BCUT2D eigenvalue weighted by molar-refractivity contribution is -0.118. The number of hydrazone groups is 1. The highest BCUT2D eigenvalue weighted by Crippen LogP contribution is 2.28. The molecule has 0 saturated heterocycles. The predicted octanol–water partition coefficient (Wildman–Crippen LogP) is 5.01. The van der Waals surface area contributed by atoms with Crippen LogP contribution in [-0.4, -0.2) is 44.7 Å². The maximum Gasteiger partial charge on any atom is 0.250 e. The standard InChI is InChI=1S/C25H21BrN6O2S/c1-34-22-9-3-2-6-18(22)7-5-15-28-29-23(33)17-35-25-31-30-24(19-8-4-14-27-16-19)32(25)21-12-10-20(26)11-13-21/h2-16H,17H2,1H3,(H,29,33). The number of aromatic nitrogens is 4. The number of benzene rings is 2. The third kappa shape index (κ3) is 6.43. The summed E-state index contributed by atoms with van der Waals surface area (Å²) >= 11 is 4.73. The first kappa shape index (κ1) is 24.4. The Morgan fingerprint density at radius 1 is 1.14 bits per heavy atom. The Morgan fingerprint density at radius 3 is 2.74 bits per heavy atom. The number of pyridine rings is 1. The summed E-state index contributed by atoms with van der Waals surface area (Å²) in [6.07, 6.45) is 8.53. The van der Waals surface area contributed by atoms with Crippen molar-refractivity contribution in [2.45, 2.75) is 5.16 Å². The zero-order chi connectivity index (χ0) is 24.5. The molecule has 4 rings (SSSR count). The Labute approximate surface area is 215 Å². The number of nitrogens with zero attached hydrogens (tertiary/aromatic N) is 5. The number of allylic oxidation sites excluding steroid dienone is 1. The van der Waals surface area contributed by atoms with Crippen LogP contribution in [0.3, 0.4) is 0 Å². The fourth-order valence-electron chi connectivity index (χ4n) is 3.13. The summed E-state index contributed by atoms with van der Waals surface area (Å²) in [5.41, 5.74) is 5.14. The fraction of sp³-hybridized carbons (Fsp3) is 0.0800. The molecule has 0 saturated carbocycles. The summed E-state index contributed by atoms with van der Waals surface area (Å²) in [5, 5.41) is 13.2. The zero-order valence-electron chi connectivity index (χ0n) is 18.7. The summed E-state index contributed by atoms with van der Waals surface area (Å²) in [5.74, 6) is 1.26. The third-order valence-corrected chi connectivity index (χ3v) is 6.19. The normalized spacial score (nSPS) is 11.3. The van der Waals surface area contributed by atoms with E-state index in [4.69, 9.17) is 4.74 Å². The molecule has 0 bridgehead atoms. The van der Waals surface area contributed by atoms with E-state index in [1.165, 1.54) is 18.0 Å². The van der Waals surface area contributed by atoms with E-state index in [1.807, 2.05) is 71.3 Å². The highest BCUT2D eigenvalue weighted by Gasteiger charge is 2.17. The summed E-state index contributed by atoms with van der Waals surface area (Å²) in [6.45, 7) is 0. The lowest BCUT2D eigenvalue weighted by atomic mass is 10.2. The number of thioether (sulfide) groups is 1. The molecule has 1 amide bonds. The zero-order valence-corrected chi connectivity index (χ0v) is 21.1. The summed E-state index contributed by atoms with van der Waals surface area (Å²) in [6, 6.07) is 19.2. The number of rotatable bonds is 9. The van der Waals surface area contributed by atoms with Crippen molar-refractivity contribution in [3.63, 3.8) is 0 Å². The minimum atomic E-state index is -0.259. The van der Waals surface area contributed by atoms with Crippen molar-refractivity contribution in [1.29, 1.82) is 0 Å². The number of nitrogens with one attached hydrogen (secondary N) is 1. The first-order valence-electron chi connectivity index (χ1n) is 10.5. The average molecular weight is 549 g/mol. The Hall–Kier alpha value is -3.76. The van der Waals surface area contributed by atoms with E-state index in [9.17, 15) is 4.79 Å². The molecular weight excluding hydrogens is 528 g/mol. The predicted molar refractivity (Wildman–Crippen MR) is 142 cm³/mol. The molecule has 0 radical (unpaired) electrons. The van der Waals surface area contributed by atoms with E-state index < -0.39 is 0 Å². The highest BCUT2D eigenvalue weighted by molar-refractivity contribution is 9.10. The van der Waals surface area contributed by atoms with Crippen molar-refractivity contribution in [3.8, 4) is 22.8 Å². The van der Waals surface area contributed by atoms with Gasteiger partial charge in [0.2, 0.25) is 0 Å². The first-order valence-corrected chi connectivity index (χ1v) is 12.3.